The molecule has 5 nitrogen and oxygen atoms in total. The summed E-state index contributed by atoms with van der Waals surface area (Å²) >= 11 is 11.1. The van der Waals surface area contributed by atoms with Crippen LogP contribution in [0.5, 0.6) is 0 Å². The SMILES string of the molecule is O=C(CCl)ON=CCc1nc2ccc(Cl)cc2[nH]1. The van der Waals surface area contributed by atoms with E-state index in [1.54, 1.807) is 12.1 Å². The lowest BCUT2D eigenvalue weighted by Gasteiger charge is -1.90. The minimum atomic E-state index is -0.593. The van der Waals surface area contributed by atoms with Gasteiger partial charge in [-0.1, -0.05) is 16.8 Å². The van der Waals surface area contributed by atoms with Gasteiger partial charge in [-0.3, -0.25) is 0 Å². The third-order valence-corrected chi connectivity index (χ3v) is 2.57. The second-order valence-corrected chi connectivity index (χ2v) is 4.14. The number of nitrogens with one attached hydrogen (secondary N) is 1. The number of rotatable bonds is 4. The van der Waals surface area contributed by atoms with Gasteiger partial charge in [0.25, 0.3) is 0 Å². The van der Waals surface area contributed by atoms with E-state index >= 15 is 0 Å². The Labute approximate surface area is 113 Å². The monoisotopic (exact) mass is 285 g/mol. The Balaban J connectivity index is 2.02. The highest BCUT2D eigenvalue weighted by atomic mass is 35.5. The topological polar surface area (TPSA) is 67.3 Å². The molecule has 0 aliphatic heterocycles. The molecule has 0 atom stereocenters. The van der Waals surface area contributed by atoms with Crippen LogP contribution in [0.15, 0.2) is 23.4 Å². The Morgan fingerprint density at radius 3 is 3.17 bits per heavy atom. The van der Waals surface area contributed by atoms with Crippen LogP contribution in [0, 0.1) is 0 Å². The molecule has 0 amide bonds. The molecule has 0 bridgehead atoms. The number of aromatic amines is 1. The molecule has 1 heterocycles. The van der Waals surface area contributed by atoms with Gasteiger partial charge in [0.05, 0.1) is 17.2 Å². The number of oxime groups is 1. The average molecular weight is 286 g/mol. The molecule has 94 valence electrons. The molecule has 2 aromatic rings. The maximum absolute atomic E-state index is 10.7. The Morgan fingerprint density at radius 2 is 2.39 bits per heavy atom. The van der Waals surface area contributed by atoms with Crippen LogP contribution in [0.2, 0.25) is 5.02 Å². The molecule has 0 aliphatic rings. The summed E-state index contributed by atoms with van der Waals surface area (Å²) in [5.41, 5.74) is 1.67. The van der Waals surface area contributed by atoms with Gasteiger partial charge >= 0.3 is 5.97 Å². The number of nitrogens with zero attached hydrogens (tertiary/aromatic N) is 2. The van der Waals surface area contributed by atoms with Crippen molar-refractivity contribution in [1.29, 1.82) is 0 Å². The van der Waals surface area contributed by atoms with Crippen molar-refractivity contribution in [3.63, 3.8) is 0 Å². The van der Waals surface area contributed by atoms with E-state index in [-0.39, 0.29) is 5.88 Å². The first-order valence-electron chi connectivity index (χ1n) is 5.11. The fraction of sp³-hybridized carbons (Fsp3) is 0.182. The smallest absolute Gasteiger partial charge is 0.342 e. The molecule has 0 aliphatic carbocycles. The second-order valence-electron chi connectivity index (χ2n) is 3.43. The normalized spacial score (nSPS) is 11.2. The largest absolute Gasteiger partial charge is 0.349 e. The van der Waals surface area contributed by atoms with Crippen LogP contribution in [-0.2, 0) is 16.1 Å². The average Bonchev–Trinajstić information content (AvgIpc) is 2.76. The zero-order chi connectivity index (χ0) is 13.0. The van der Waals surface area contributed by atoms with E-state index in [0.29, 0.717) is 17.3 Å². The summed E-state index contributed by atoms with van der Waals surface area (Å²) in [5.74, 6) is -0.109. The highest BCUT2D eigenvalue weighted by Crippen LogP contribution is 2.17. The lowest BCUT2D eigenvalue weighted by atomic mass is 10.3. The Bertz CT molecular complexity index is 595. The Hall–Kier alpha value is -1.59. The van der Waals surface area contributed by atoms with Crippen LogP contribution in [0.3, 0.4) is 0 Å². The number of carbonyl (C=O) groups excluding carboxylic acids is 1. The number of fused-ring (bicyclic) bond motifs is 1. The van der Waals surface area contributed by atoms with Crippen LogP contribution in [0.25, 0.3) is 11.0 Å². The Morgan fingerprint density at radius 1 is 1.56 bits per heavy atom. The maximum Gasteiger partial charge on any atom is 0.349 e. The molecule has 0 spiro atoms. The minimum Gasteiger partial charge on any atom is -0.342 e. The number of hydrogen-bond donors (Lipinski definition) is 1. The van der Waals surface area contributed by atoms with E-state index in [9.17, 15) is 4.79 Å². The van der Waals surface area contributed by atoms with Gasteiger partial charge in [0.15, 0.2) is 0 Å². The van der Waals surface area contributed by atoms with Crippen molar-refractivity contribution in [2.24, 2.45) is 5.16 Å². The predicted octanol–water partition coefficient (Wildman–Crippen LogP) is 2.53. The molecular formula is C11H9Cl2N3O2. The van der Waals surface area contributed by atoms with Crippen molar-refractivity contribution in [3.05, 3.63) is 29.0 Å². The summed E-state index contributed by atoms with van der Waals surface area (Å²) < 4.78 is 0. The number of imidazole rings is 1. The summed E-state index contributed by atoms with van der Waals surface area (Å²) in [6.45, 7) is 0. The van der Waals surface area contributed by atoms with Gasteiger partial charge in [-0.2, -0.15) is 0 Å². The predicted molar refractivity (Wildman–Crippen MR) is 70.1 cm³/mol. The van der Waals surface area contributed by atoms with Crippen molar-refractivity contribution in [1.82, 2.24) is 9.97 Å². The van der Waals surface area contributed by atoms with E-state index in [0.717, 1.165) is 11.0 Å². The van der Waals surface area contributed by atoms with E-state index in [1.165, 1.54) is 6.21 Å². The molecule has 1 aromatic heterocycles. The molecule has 2 rings (SSSR count). The first-order valence-corrected chi connectivity index (χ1v) is 6.02. The third kappa shape index (κ3) is 3.21. The molecule has 7 heteroatoms. The molecule has 0 fully saturated rings. The van der Waals surface area contributed by atoms with Crippen molar-refractivity contribution >= 4 is 46.4 Å². The first-order chi connectivity index (χ1) is 8.69. The zero-order valence-electron chi connectivity index (χ0n) is 9.19. The zero-order valence-corrected chi connectivity index (χ0v) is 10.7. The van der Waals surface area contributed by atoms with Gasteiger partial charge in [-0.25, -0.2) is 9.78 Å². The number of H-pyrrole nitrogens is 1. The summed E-state index contributed by atoms with van der Waals surface area (Å²) in [6.07, 6.45) is 1.85. The summed E-state index contributed by atoms with van der Waals surface area (Å²) in [4.78, 5) is 22.5. The van der Waals surface area contributed by atoms with Gasteiger partial charge in [-0.15, -0.1) is 11.6 Å². The lowest BCUT2D eigenvalue weighted by molar-refractivity contribution is -0.140. The van der Waals surface area contributed by atoms with Gasteiger partial charge in [0, 0.05) is 11.4 Å². The number of halogens is 2. The van der Waals surface area contributed by atoms with E-state index < -0.39 is 5.97 Å². The first kappa shape index (κ1) is 12.9. The molecule has 0 saturated carbocycles. The highest BCUT2D eigenvalue weighted by Gasteiger charge is 2.02. The van der Waals surface area contributed by atoms with Gasteiger partial charge in [0.1, 0.15) is 11.7 Å². The minimum absolute atomic E-state index is 0.222. The number of aromatic nitrogens is 2. The molecule has 1 aromatic carbocycles. The van der Waals surface area contributed by atoms with Crippen molar-refractivity contribution in [2.45, 2.75) is 6.42 Å². The number of carbonyl (C=O) groups is 1. The van der Waals surface area contributed by atoms with Crippen molar-refractivity contribution in [2.75, 3.05) is 5.88 Å². The summed E-state index contributed by atoms with van der Waals surface area (Å²) in [5, 5.41) is 4.12. The Kier molecular flexibility index (Phi) is 4.17. The molecule has 18 heavy (non-hydrogen) atoms. The van der Waals surface area contributed by atoms with Crippen molar-refractivity contribution < 1.29 is 9.63 Å². The van der Waals surface area contributed by atoms with Crippen LogP contribution in [-0.4, -0.2) is 28.0 Å². The third-order valence-electron chi connectivity index (χ3n) is 2.12. The van der Waals surface area contributed by atoms with Crippen molar-refractivity contribution in [3.8, 4) is 0 Å². The van der Waals surface area contributed by atoms with Crippen LogP contribution in [0.4, 0.5) is 0 Å². The lowest BCUT2D eigenvalue weighted by Crippen LogP contribution is -2.01. The van der Waals surface area contributed by atoms with E-state index in [1.807, 2.05) is 6.07 Å². The molecule has 0 saturated heterocycles. The van der Waals surface area contributed by atoms with Crippen LogP contribution in [0.1, 0.15) is 5.82 Å². The van der Waals surface area contributed by atoms with E-state index in [2.05, 4.69) is 20.0 Å². The summed E-state index contributed by atoms with van der Waals surface area (Å²) in [6, 6.07) is 5.38. The van der Waals surface area contributed by atoms with Gasteiger partial charge in [0.2, 0.25) is 0 Å². The van der Waals surface area contributed by atoms with Gasteiger partial charge < -0.3 is 9.82 Å². The van der Waals surface area contributed by atoms with E-state index in [4.69, 9.17) is 23.2 Å². The van der Waals surface area contributed by atoms with Crippen LogP contribution >= 0.6 is 23.2 Å². The number of alkyl halides is 1. The van der Waals surface area contributed by atoms with Crippen LogP contribution < -0.4 is 0 Å². The molecule has 0 unspecified atom stereocenters. The van der Waals surface area contributed by atoms with Gasteiger partial charge in [-0.05, 0) is 18.2 Å². The molecule has 1 N–H and O–H groups in total. The fourth-order valence-corrected chi connectivity index (χ4v) is 1.60. The second kappa shape index (κ2) is 5.84. The molecular weight excluding hydrogens is 277 g/mol. The highest BCUT2D eigenvalue weighted by molar-refractivity contribution is 6.31. The quantitative estimate of drug-likeness (QED) is 0.406. The fourth-order valence-electron chi connectivity index (χ4n) is 1.38. The molecule has 0 radical (unpaired) electrons. The standard InChI is InChI=1S/C11H9Cl2N3O2/c12-6-11(17)18-14-4-3-10-15-8-2-1-7(13)5-9(8)16-10/h1-2,4-5H,3,6H2,(H,15,16). The number of benzene rings is 1. The maximum atomic E-state index is 10.7. The summed E-state index contributed by atoms with van der Waals surface area (Å²) in [7, 11) is 0. The number of hydrogen-bond acceptors (Lipinski definition) is 4.